The Bertz CT molecular complexity index is 417. The topological polar surface area (TPSA) is 69.6 Å². The molecular formula is C9H11N5. The lowest BCUT2D eigenvalue weighted by Gasteiger charge is -2.02. The molecule has 0 aliphatic carbocycles. The third-order valence-electron chi connectivity index (χ3n) is 2.00. The average molecular weight is 189 g/mol. The molecule has 5 nitrogen and oxygen atoms in total. The first-order valence-electron chi connectivity index (χ1n) is 4.35. The lowest BCUT2D eigenvalue weighted by molar-refractivity contribution is 0.761. The van der Waals surface area contributed by atoms with Gasteiger partial charge in [0.2, 0.25) is 0 Å². The SMILES string of the molecule is Cc1ccc(-n2nnnc2CN)cc1. The van der Waals surface area contributed by atoms with Crippen LogP contribution < -0.4 is 5.73 Å². The lowest BCUT2D eigenvalue weighted by Crippen LogP contribution is -2.07. The fourth-order valence-electron chi connectivity index (χ4n) is 1.22. The van der Waals surface area contributed by atoms with Gasteiger partial charge in [0, 0.05) is 0 Å². The molecule has 0 aliphatic heterocycles. The van der Waals surface area contributed by atoms with Crippen molar-refractivity contribution in [1.29, 1.82) is 0 Å². The van der Waals surface area contributed by atoms with Crippen LogP contribution in [0.15, 0.2) is 24.3 Å². The van der Waals surface area contributed by atoms with Crippen molar-refractivity contribution in [2.24, 2.45) is 5.73 Å². The second-order valence-electron chi connectivity index (χ2n) is 3.05. The van der Waals surface area contributed by atoms with Gasteiger partial charge in [-0.2, -0.15) is 4.68 Å². The maximum Gasteiger partial charge on any atom is 0.170 e. The molecule has 72 valence electrons. The Morgan fingerprint density at radius 3 is 2.64 bits per heavy atom. The van der Waals surface area contributed by atoms with Crippen molar-refractivity contribution < 1.29 is 0 Å². The second-order valence-corrected chi connectivity index (χ2v) is 3.05. The Balaban J connectivity index is 2.44. The third-order valence-corrected chi connectivity index (χ3v) is 2.00. The summed E-state index contributed by atoms with van der Waals surface area (Å²) < 4.78 is 1.64. The normalized spacial score (nSPS) is 10.4. The van der Waals surface area contributed by atoms with Crippen LogP contribution in [0.2, 0.25) is 0 Å². The number of aromatic nitrogens is 4. The Morgan fingerprint density at radius 1 is 1.29 bits per heavy atom. The fourth-order valence-corrected chi connectivity index (χ4v) is 1.22. The summed E-state index contributed by atoms with van der Waals surface area (Å²) in [5.74, 6) is 0.661. The van der Waals surface area contributed by atoms with E-state index in [2.05, 4.69) is 15.5 Å². The molecular weight excluding hydrogens is 178 g/mol. The highest BCUT2D eigenvalue weighted by Gasteiger charge is 2.04. The zero-order valence-electron chi connectivity index (χ0n) is 7.88. The summed E-state index contributed by atoms with van der Waals surface area (Å²) in [5, 5.41) is 11.2. The molecule has 2 N–H and O–H groups in total. The zero-order valence-corrected chi connectivity index (χ0v) is 7.88. The van der Waals surface area contributed by atoms with E-state index in [1.165, 1.54) is 5.56 Å². The molecule has 2 aromatic rings. The monoisotopic (exact) mass is 189 g/mol. The van der Waals surface area contributed by atoms with Crippen molar-refractivity contribution in [2.75, 3.05) is 0 Å². The summed E-state index contributed by atoms with van der Waals surface area (Å²) in [6.07, 6.45) is 0. The molecule has 0 aliphatic rings. The van der Waals surface area contributed by atoms with Gasteiger partial charge in [0.15, 0.2) is 5.82 Å². The Labute approximate surface area is 81.5 Å². The maximum absolute atomic E-state index is 5.50. The van der Waals surface area contributed by atoms with Crippen LogP contribution >= 0.6 is 0 Å². The van der Waals surface area contributed by atoms with E-state index >= 15 is 0 Å². The maximum atomic E-state index is 5.50. The second kappa shape index (κ2) is 3.55. The van der Waals surface area contributed by atoms with E-state index in [1.807, 2.05) is 31.2 Å². The number of nitrogens with zero attached hydrogens (tertiary/aromatic N) is 4. The summed E-state index contributed by atoms with van der Waals surface area (Å²) in [7, 11) is 0. The predicted octanol–water partition coefficient (Wildman–Crippen LogP) is 0.429. The van der Waals surface area contributed by atoms with Gasteiger partial charge in [0.05, 0.1) is 12.2 Å². The summed E-state index contributed by atoms with van der Waals surface area (Å²) in [5.41, 5.74) is 7.64. The van der Waals surface area contributed by atoms with Crippen molar-refractivity contribution >= 4 is 0 Å². The van der Waals surface area contributed by atoms with Crippen molar-refractivity contribution in [3.8, 4) is 5.69 Å². The van der Waals surface area contributed by atoms with Crippen LogP contribution in [0.25, 0.3) is 5.69 Å². The minimum Gasteiger partial charge on any atom is -0.324 e. The number of rotatable bonds is 2. The minimum atomic E-state index is 0.334. The number of nitrogens with two attached hydrogens (primary N) is 1. The van der Waals surface area contributed by atoms with Gasteiger partial charge in [-0.15, -0.1) is 5.10 Å². The van der Waals surface area contributed by atoms with Crippen LogP contribution in [0.1, 0.15) is 11.4 Å². The first-order chi connectivity index (χ1) is 6.81. The first-order valence-corrected chi connectivity index (χ1v) is 4.35. The van der Waals surface area contributed by atoms with Gasteiger partial charge in [-0.3, -0.25) is 0 Å². The van der Waals surface area contributed by atoms with E-state index in [0.29, 0.717) is 12.4 Å². The highest BCUT2D eigenvalue weighted by Crippen LogP contribution is 2.08. The molecule has 1 aromatic carbocycles. The smallest absolute Gasteiger partial charge is 0.170 e. The first kappa shape index (κ1) is 8.83. The number of hydrogen-bond acceptors (Lipinski definition) is 4. The summed E-state index contributed by atoms with van der Waals surface area (Å²) in [4.78, 5) is 0. The van der Waals surface area contributed by atoms with Crippen molar-refractivity contribution in [3.05, 3.63) is 35.7 Å². The minimum absolute atomic E-state index is 0.334. The Kier molecular flexibility index (Phi) is 2.24. The van der Waals surface area contributed by atoms with Gasteiger partial charge in [-0.1, -0.05) is 17.7 Å². The Morgan fingerprint density at radius 2 is 2.00 bits per heavy atom. The van der Waals surface area contributed by atoms with Crippen LogP contribution in [0.4, 0.5) is 0 Å². The third kappa shape index (κ3) is 1.49. The van der Waals surface area contributed by atoms with Gasteiger partial charge in [0.1, 0.15) is 0 Å². The molecule has 0 atom stereocenters. The molecule has 2 rings (SSSR count). The molecule has 14 heavy (non-hydrogen) atoms. The van der Waals surface area contributed by atoms with Crippen LogP contribution in [-0.4, -0.2) is 20.2 Å². The highest BCUT2D eigenvalue weighted by molar-refractivity contribution is 5.33. The molecule has 5 heteroatoms. The van der Waals surface area contributed by atoms with Crippen molar-refractivity contribution in [3.63, 3.8) is 0 Å². The van der Waals surface area contributed by atoms with E-state index in [0.717, 1.165) is 5.69 Å². The molecule has 0 unspecified atom stereocenters. The molecule has 0 bridgehead atoms. The van der Waals surface area contributed by atoms with Crippen LogP contribution in [0.3, 0.4) is 0 Å². The average Bonchev–Trinajstić information content (AvgIpc) is 2.67. The quantitative estimate of drug-likeness (QED) is 0.743. The van der Waals surface area contributed by atoms with Crippen molar-refractivity contribution in [1.82, 2.24) is 20.2 Å². The highest BCUT2D eigenvalue weighted by atomic mass is 15.5. The zero-order chi connectivity index (χ0) is 9.97. The predicted molar refractivity (Wildman–Crippen MR) is 51.8 cm³/mol. The molecule has 0 fully saturated rings. The van der Waals surface area contributed by atoms with E-state index in [1.54, 1.807) is 4.68 Å². The number of benzene rings is 1. The lowest BCUT2D eigenvalue weighted by atomic mass is 10.2. The van der Waals surface area contributed by atoms with Crippen LogP contribution in [-0.2, 0) is 6.54 Å². The Hall–Kier alpha value is -1.75. The van der Waals surface area contributed by atoms with E-state index < -0.39 is 0 Å². The fraction of sp³-hybridized carbons (Fsp3) is 0.222. The van der Waals surface area contributed by atoms with Gasteiger partial charge < -0.3 is 5.73 Å². The van der Waals surface area contributed by atoms with E-state index in [4.69, 9.17) is 5.73 Å². The van der Waals surface area contributed by atoms with E-state index in [-0.39, 0.29) is 0 Å². The largest absolute Gasteiger partial charge is 0.324 e. The molecule has 0 amide bonds. The summed E-state index contributed by atoms with van der Waals surface area (Å²) >= 11 is 0. The molecule has 1 heterocycles. The summed E-state index contributed by atoms with van der Waals surface area (Å²) in [6, 6.07) is 7.95. The standard InChI is InChI=1S/C9H11N5/c1-7-2-4-8(5-3-7)14-9(6-10)11-12-13-14/h2-5H,6,10H2,1H3. The van der Waals surface area contributed by atoms with Crippen molar-refractivity contribution in [2.45, 2.75) is 13.5 Å². The van der Waals surface area contributed by atoms with Crippen LogP contribution in [0.5, 0.6) is 0 Å². The number of aryl methyl sites for hydroxylation is 1. The molecule has 0 radical (unpaired) electrons. The van der Waals surface area contributed by atoms with E-state index in [9.17, 15) is 0 Å². The van der Waals surface area contributed by atoms with Gasteiger partial charge in [-0.25, -0.2) is 0 Å². The van der Waals surface area contributed by atoms with Gasteiger partial charge >= 0.3 is 0 Å². The summed E-state index contributed by atoms with van der Waals surface area (Å²) in [6.45, 7) is 2.37. The van der Waals surface area contributed by atoms with Crippen LogP contribution in [0, 0.1) is 6.92 Å². The molecule has 0 spiro atoms. The number of tetrazole rings is 1. The molecule has 0 saturated carbocycles. The van der Waals surface area contributed by atoms with Gasteiger partial charge in [-0.05, 0) is 29.5 Å². The van der Waals surface area contributed by atoms with Gasteiger partial charge in [0.25, 0.3) is 0 Å². The number of hydrogen-bond donors (Lipinski definition) is 1. The molecule has 0 saturated heterocycles. The molecule has 1 aromatic heterocycles.